The highest BCUT2D eigenvalue weighted by atomic mass is 32.2. The molecule has 8 nitrogen and oxygen atoms in total. The van der Waals surface area contributed by atoms with Crippen LogP contribution < -0.4 is 15.3 Å². The van der Waals surface area contributed by atoms with E-state index in [1.54, 1.807) is 12.1 Å². The highest BCUT2D eigenvalue weighted by Crippen LogP contribution is 2.25. The SMILES string of the molecule is NS(=O)(=O)c1ccc(CCNc2nc3cc4c(cc3[n+]([O-])n2)CCC4)cc1. The number of rotatable bonds is 5. The first-order chi connectivity index (χ1) is 12.9. The number of aromatic nitrogens is 3. The van der Waals surface area contributed by atoms with E-state index in [0.29, 0.717) is 28.8 Å². The monoisotopic (exact) mass is 385 g/mol. The van der Waals surface area contributed by atoms with Crippen molar-refractivity contribution >= 4 is 27.0 Å². The lowest BCUT2D eigenvalue weighted by Crippen LogP contribution is -2.34. The molecule has 1 aromatic heterocycles. The van der Waals surface area contributed by atoms with E-state index in [1.807, 2.05) is 12.1 Å². The Morgan fingerprint density at radius 1 is 1.15 bits per heavy atom. The Morgan fingerprint density at radius 3 is 2.56 bits per heavy atom. The van der Waals surface area contributed by atoms with Crippen molar-refractivity contribution in [3.05, 3.63) is 58.3 Å². The Hall–Kier alpha value is -2.78. The first-order valence-corrected chi connectivity index (χ1v) is 10.2. The minimum absolute atomic E-state index is 0.0806. The summed E-state index contributed by atoms with van der Waals surface area (Å²) in [5, 5.41) is 24.3. The van der Waals surface area contributed by atoms with Crippen LogP contribution in [-0.2, 0) is 29.3 Å². The number of hydrogen-bond donors (Lipinski definition) is 2. The van der Waals surface area contributed by atoms with E-state index in [9.17, 15) is 13.6 Å². The molecule has 0 radical (unpaired) electrons. The van der Waals surface area contributed by atoms with Crippen molar-refractivity contribution in [1.29, 1.82) is 0 Å². The van der Waals surface area contributed by atoms with Gasteiger partial charge in [-0.25, -0.2) is 18.5 Å². The lowest BCUT2D eigenvalue weighted by molar-refractivity contribution is -0.641. The van der Waals surface area contributed by atoms with E-state index in [-0.39, 0.29) is 10.8 Å². The molecule has 1 aliphatic rings. The maximum absolute atomic E-state index is 12.2. The Morgan fingerprint density at radius 2 is 1.85 bits per heavy atom. The predicted octanol–water partition coefficient (Wildman–Crippen LogP) is 1.05. The Kier molecular flexibility index (Phi) is 4.40. The third-order valence-corrected chi connectivity index (χ3v) is 5.68. The van der Waals surface area contributed by atoms with Gasteiger partial charge in [-0.3, -0.25) is 0 Å². The smallest absolute Gasteiger partial charge is 0.290 e. The normalized spacial score (nSPS) is 13.7. The van der Waals surface area contributed by atoms with E-state index in [1.165, 1.54) is 23.3 Å². The third kappa shape index (κ3) is 3.69. The van der Waals surface area contributed by atoms with Crippen LogP contribution in [0.5, 0.6) is 0 Å². The molecule has 9 heteroatoms. The molecule has 0 unspecified atom stereocenters. The fourth-order valence-electron chi connectivity index (χ4n) is 3.36. The summed E-state index contributed by atoms with van der Waals surface area (Å²) in [6, 6.07) is 10.2. The van der Waals surface area contributed by atoms with Gasteiger partial charge in [0.25, 0.3) is 11.5 Å². The summed E-state index contributed by atoms with van der Waals surface area (Å²) >= 11 is 0. The van der Waals surface area contributed by atoms with Crippen molar-refractivity contribution in [2.24, 2.45) is 5.14 Å². The fourth-order valence-corrected chi connectivity index (χ4v) is 3.87. The van der Waals surface area contributed by atoms with Crippen molar-refractivity contribution < 1.29 is 13.3 Å². The molecule has 1 heterocycles. The molecular formula is C18H19N5O3S. The maximum Gasteiger partial charge on any atom is 0.290 e. The number of primary sulfonamides is 1. The van der Waals surface area contributed by atoms with Gasteiger partial charge in [0.1, 0.15) is 5.52 Å². The molecule has 2 aromatic carbocycles. The Bertz CT molecular complexity index is 1110. The van der Waals surface area contributed by atoms with Gasteiger partial charge in [0, 0.05) is 12.6 Å². The zero-order chi connectivity index (χ0) is 19.0. The van der Waals surface area contributed by atoms with Crippen molar-refractivity contribution in [2.75, 3.05) is 11.9 Å². The molecule has 27 heavy (non-hydrogen) atoms. The van der Waals surface area contributed by atoms with Crippen LogP contribution in [0.25, 0.3) is 11.0 Å². The van der Waals surface area contributed by atoms with Crippen molar-refractivity contribution in [2.45, 2.75) is 30.6 Å². The second-order valence-corrected chi connectivity index (χ2v) is 8.20. The number of anilines is 1. The summed E-state index contributed by atoms with van der Waals surface area (Å²) in [7, 11) is -3.69. The average Bonchev–Trinajstić information content (AvgIpc) is 3.07. The zero-order valence-corrected chi connectivity index (χ0v) is 15.4. The molecule has 0 saturated heterocycles. The lowest BCUT2D eigenvalue weighted by atomic mass is 10.1. The molecule has 0 bridgehead atoms. The van der Waals surface area contributed by atoms with Gasteiger partial charge in [-0.2, -0.15) is 0 Å². The van der Waals surface area contributed by atoms with Gasteiger partial charge in [-0.1, -0.05) is 12.1 Å². The number of fused-ring (bicyclic) bond motifs is 2. The van der Waals surface area contributed by atoms with Crippen LogP contribution in [0.2, 0.25) is 0 Å². The zero-order valence-electron chi connectivity index (χ0n) is 14.6. The van der Waals surface area contributed by atoms with Gasteiger partial charge < -0.3 is 10.5 Å². The summed E-state index contributed by atoms with van der Waals surface area (Å²) in [6.07, 6.45) is 3.74. The van der Waals surface area contributed by atoms with E-state index in [0.717, 1.165) is 24.8 Å². The van der Waals surface area contributed by atoms with Crippen molar-refractivity contribution in [3.8, 4) is 0 Å². The van der Waals surface area contributed by atoms with Crippen LogP contribution in [0.1, 0.15) is 23.1 Å². The first-order valence-electron chi connectivity index (χ1n) is 8.69. The van der Waals surface area contributed by atoms with E-state index < -0.39 is 10.0 Å². The second kappa shape index (κ2) is 6.75. The average molecular weight is 385 g/mol. The molecule has 1 aliphatic carbocycles. The Labute approximate surface area is 156 Å². The molecule has 4 rings (SSSR count). The first kappa shape index (κ1) is 17.6. The number of nitrogens with zero attached hydrogens (tertiary/aromatic N) is 3. The minimum atomic E-state index is -3.69. The molecule has 0 saturated carbocycles. The predicted molar refractivity (Wildman–Crippen MR) is 101 cm³/mol. The molecule has 3 aromatic rings. The van der Waals surface area contributed by atoms with E-state index in [4.69, 9.17) is 5.14 Å². The number of nitrogens with one attached hydrogen (secondary N) is 1. The number of aryl methyl sites for hydroxylation is 2. The molecule has 140 valence electrons. The topological polar surface area (TPSA) is 125 Å². The van der Waals surface area contributed by atoms with Crippen LogP contribution in [0.3, 0.4) is 0 Å². The number of sulfonamides is 1. The second-order valence-electron chi connectivity index (χ2n) is 6.64. The molecular weight excluding hydrogens is 366 g/mol. The fraction of sp³-hybridized carbons (Fsp3) is 0.278. The minimum Gasteiger partial charge on any atom is -0.594 e. The Balaban J connectivity index is 1.47. The van der Waals surface area contributed by atoms with Gasteiger partial charge in [0.05, 0.1) is 9.99 Å². The number of benzene rings is 2. The quantitative estimate of drug-likeness (QED) is 0.500. The molecule has 0 atom stereocenters. The van der Waals surface area contributed by atoms with Crippen LogP contribution in [0, 0.1) is 5.21 Å². The highest BCUT2D eigenvalue weighted by Gasteiger charge is 2.18. The summed E-state index contributed by atoms with van der Waals surface area (Å²) < 4.78 is 22.5. The molecule has 0 spiro atoms. The van der Waals surface area contributed by atoms with Gasteiger partial charge in [0.2, 0.25) is 10.0 Å². The third-order valence-electron chi connectivity index (χ3n) is 4.76. The van der Waals surface area contributed by atoms with Gasteiger partial charge >= 0.3 is 0 Å². The summed E-state index contributed by atoms with van der Waals surface area (Å²) in [4.78, 5) is 5.15. The lowest BCUT2D eigenvalue weighted by Gasteiger charge is -2.07. The molecule has 0 fully saturated rings. The molecule has 3 N–H and O–H groups in total. The van der Waals surface area contributed by atoms with E-state index >= 15 is 0 Å². The van der Waals surface area contributed by atoms with Crippen molar-refractivity contribution in [1.82, 2.24) is 10.1 Å². The highest BCUT2D eigenvalue weighted by molar-refractivity contribution is 7.89. The van der Waals surface area contributed by atoms with Crippen LogP contribution in [-0.4, -0.2) is 25.0 Å². The number of hydrogen-bond acceptors (Lipinski definition) is 6. The van der Waals surface area contributed by atoms with Gasteiger partial charge in [-0.15, -0.1) is 0 Å². The van der Waals surface area contributed by atoms with E-state index in [2.05, 4.69) is 15.4 Å². The van der Waals surface area contributed by atoms with Crippen molar-refractivity contribution in [3.63, 3.8) is 0 Å². The van der Waals surface area contributed by atoms with Crippen LogP contribution in [0.4, 0.5) is 5.95 Å². The summed E-state index contributed by atoms with van der Waals surface area (Å²) in [5.41, 5.74) is 4.52. The number of nitrogens with two attached hydrogens (primary N) is 1. The van der Waals surface area contributed by atoms with Crippen LogP contribution >= 0.6 is 0 Å². The summed E-state index contributed by atoms with van der Waals surface area (Å²) in [5.74, 6) is 0.275. The molecule has 0 aliphatic heterocycles. The standard InChI is InChI=1S/C18H19N5O3S/c19-27(25,26)15-6-4-12(5-7-15)8-9-20-18-21-16-10-13-2-1-3-14(13)11-17(16)23(24)22-18/h4-7,10-11H,1-3,8-9H2,(H2,19,25,26)(H,20,21,22). The maximum atomic E-state index is 12.2. The summed E-state index contributed by atoms with van der Waals surface area (Å²) in [6.45, 7) is 0.505. The largest absolute Gasteiger partial charge is 0.594 e. The molecule has 0 amide bonds. The van der Waals surface area contributed by atoms with Gasteiger partial charge in [0.15, 0.2) is 0 Å². The van der Waals surface area contributed by atoms with Crippen LogP contribution in [0.15, 0.2) is 41.3 Å². The van der Waals surface area contributed by atoms with Gasteiger partial charge in [-0.05, 0) is 65.4 Å².